The van der Waals surface area contributed by atoms with Crippen molar-refractivity contribution in [1.82, 2.24) is 9.80 Å². The zero-order chi connectivity index (χ0) is 17.1. The topological polar surface area (TPSA) is 92.9 Å². The highest BCUT2D eigenvalue weighted by atomic mass is 79.9. The monoisotopic (exact) mass is 383 g/mol. The molecule has 2 rings (SSSR count). The molecule has 1 heterocycles. The lowest BCUT2D eigenvalue weighted by Gasteiger charge is -2.39. The van der Waals surface area contributed by atoms with Crippen LogP contribution >= 0.6 is 15.9 Å². The molecule has 0 spiro atoms. The maximum atomic E-state index is 12.8. The SMILES string of the molecule is COc1ccc(Br)c(C(=O)N2CCN(C(=O)C(N)=O)CC2C)c1. The number of carbonyl (C=O) groups excluding carboxylic acids is 3. The van der Waals surface area contributed by atoms with E-state index in [2.05, 4.69) is 15.9 Å². The van der Waals surface area contributed by atoms with E-state index in [4.69, 9.17) is 10.5 Å². The van der Waals surface area contributed by atoms with Crippen LogP contribution in [0.1, 0.15) is 17.3 Å². The Morgan fingerprint density at radius 1 is 1.30 bits per heavy atom. The number of nitrogens with two attached hydrogens (primary N) is 1. The second-order valence-corrected chi connectivity index (χ2v) is 6.16. The lowest BCUT2D eigenvalue weighted by molar-refractivity contribution is -0.145. The normalized spacial score (nSPS) is 17.8. The quantitative estimate of drug-likeness (QED) is 0.757. The molecular formula is C15H18BrN3O4. The fourth-order valence-electron chi connectivity index (χ4n) is 2.55. The molecule has 7 nitrogen and oxygen atoms in total. The first-order chi connectivity index (χ1) is 10.8. The number of hydrogen-bond donors (Lipinski definition) is 1. The zero-order valence-electron chi connectivity index (χ0n) is 12.9. The van der Waals surface area contributed by atoms with Crippen LogP contribution < -0.4 is 10.5 Å². The minimum absolute atomic E-state index is 0.158. The summed E-state index contributed by atoms with van der Waals surface area (Å²) in [6.07, 6.45) is 0. The van der Waals surface area contributed by atoms with Gasteiger partial charge in [-0.25, -0.2) is 0 Å². The van der Waals surface area contributed by atoms with Gasteiger partial charge in [0.05, 0.1) is 12.7 Å². The van der Waals surface area contributed by atoms with Gasteiger partial charge in [-0.15, -0.1) is 0 Å². The van der Waals surface area contributed by atoms with Gasteiger partial charge in [-0.05, 0) is 41.1 Å². The number of piperazine rings is 1. The average Bonchev–Trinajstić information content (AvgIpc) is 2.53. The van der Waals surface area contributed by atoms with Crippen LogP contribution in [0.2, 0.25) is 0 Å². The number of benzene rings is 1. The Hall–Kier alpha value is -2.09. The third kappa shape index (κ3) is 3.64. The number of methoxy groups -OCH3 is 1. The third-order valence-electron chi connectivity index (χ3n) is 3.79. The van der Waals surface area contributed by atoms with Crippen molar-refractivity contribution in [2.75, 3.05) is 26.7 Å². The van der Waals surface area contributed by atoms with Crippen molar-refractivity contribution < 1.29 is 19.1 Å². The second-order valence-electron chi connectivity index (χ2n) is 5.31. The first-order valence-corrected chi connectivity index (χ1v) is 7.87. The summed E-state index contributed by atoms with van der Waals surface area (Å²) < 4.78 is 5.83. The molecule has 1 aromatic carbocycles. The van der Waals surface area contributed by atoms with Crippen LogP contribution in [-0.4, -0.2) is 60.3 Å². The highest BCUT2D eigenvalue weighted by Crippen LogP contribution is 2.25. The minimum Gasteiger partial charge on any atom is -0.497 e. The predicted molar refractivity (Wildman–Crippen MR) is 87.0 cm³/mol. The Morgan fingerprint density at radius 3 is 2.57 bits per heavy atom. The van der Waals surface area contributed by atoms with E-state index in [1.54, 1.807) is 23.1 Å². The molecule has 0 bridgehead atoms. The van der Waals surface area contributed by atoms with Gasteiger partial charge in [-0.1, -0.05) is 0 Å². The molecule has 0 radical (unpaired) electrons. The van der Waals surface area contributed by atoms with Crippen LogP contribution in [0.5, 0.6) is 5.75 Å². The van der Waals surface area contributed by atoms with Crippen LogP contribution in [0, 0.1) is 0 Å². The Kier molecular flexibility index (Phi) is 5.25. The van der Waals surface area contributed by atoms with Gasteiger partial charge < -0.3 is 20.3 Å². The first kappa shape index (κ1) is 17.3. The van der Waals surface area contributed by atoms with Gasteiger partial charge in [0.2, 0.25) is 0 Å². The first-order valence-electron chi connectivity index (χ1n) is 7.08. The molecule has 0 aromatic heterocycles. The maximum Gasteiger partial charge on any atom is 0.311 e. The fourth-order valence-corrected chi connectivity index (χ4v) is 2.97. The summed E-state index contributed by atoms with van der Waals surface area (Å²) in [6.45, 7) is 2.71. The second kappa shape index (κ2) is 6.99. The van der Waals surface area contributed by atoms with Crippen LogP contribution in [0.3, 0.4) is 0 Å². The Bertz CT molecular complexity index is 650. The van der Waals surface area contributed by atoms with E-state index in [1.807, 2.05) is 6.92 Å². The molecule has 124 valence electrons. The van der Waals surface area contributed by atoms with E-state index in [0.717, 1.165) is 0 Å². The van der Waals surface area contributed by atoms with Crippen molar-refractivity contribution in [3.63, 3.8) is 0 Å². The van der Waals surface area contributed by atoms with E-state index in [0.29, 0.717) is 22.3 Å². The van der Waals surface area contributed by atoms with Crippen LogP contribution in [0.25, 0.3) is 0 Å². The smallest absolute Gasteiger partial charge is 0.311 e. The summed E-state index contributed by atoms with van der Waals surface area (Å²) in [5.41, 5.74) is 5.51. The van der Waals surface area contributed by atoms with E-state index >= 15 is 0 Å². The van der Waals surface area contributed by atoms with Gasteiger partial charge >= 0.3 is 11.8 Å². The maximum absolute atomic E-state index is 12.8. The van der Waals surface area contributed by atoms with Crippen molar-refractivity contribution in [2.45, 2.75) is 13.0 Å². The number of primary amides is 1. The molecule has 1 fully saturated rings. The summed E-state index contributed by atoms with van der Waals surface area (Å²) in [5.74, 6) is -1.26. The average molecular weight is 384 g/mol. The standard InChI is InChI=1S/C15H18BrN3O4/c1-9-8-18(15(22)13(17)20)5-6-19(9)14(21)11-7-10(23-2)3-4-12(11)16/h3-4,7,9H,5-6,8H2,1-2H3,(H2,17,20). The predicted octanol–water partition coefficient (Wildman–Crippen LogP) is 0.616. The molecule has 1 aromatic rings. The van der Waals surface area contributed by atoms with Crippen molar-refractivity contribution >= 4 is 33.7 Å². The number of halogens is 1. The Morgan fingerprint density at radius 2 is 2.00 bits per heavy atom. The molecular weight excluding hydrogens is 366 g/mol. The minimum atomic E-state index is -0.979. The highest BCUT2D eigenvalue weighted by Gasteiger charge is 2.32. The molecule has 1 aliphatic heterocycles. The highest BCUT2D eigenvalue weighted by molar-refractivity contribution is 9.10. The third-order valence-corrected chi connectivity index (χ3v) is 4.48. The summed E-state index contributed by atoms with van der Waals surface area (Å²) in [4.78, 5) is 38.4. The number of hydrogen-bond acceptors (Lipinski definition) is 4. The van der Waals surface area contributed by atoms with E-state index in [-0.39, 0.29) is 25.0 Å². The lowest BCUT2D eigenvalue weighted by Crippen LogP contribution is -2.57. The summed E-state index contributed by atoms with van der Waals surface area (Å²) >= 11 is 3.37. The van der Waals surface area contributed by atoms with Gasteiger partial charge in [0, 0.05) is 30.1 Å². The molecule has 1 aliphatic rings. The van der Waals surface area contributed by atoms with Gasteiger partial charge in [0.15, 0.2) is 0 Å². The molecule has 2 N–H and O–H groups in total. The zero-order valence-corrected chi connectivity index (χ0v) is 14.5. The number of ether oxygens (including phenoxy) is 1. The van der Waals surface area contributed by atoms with Crippen molar-refractivity contribution in [3.05, 3.63) is 28.2 Å². The van der Waals surface area contributed by atoms with Crippen molar-refractivity contribution in [3.8, 4) is 5.75 Å². The molecule has 0 aliphatic carbocycles. The van der Waals surface area contributed by atoms with Crippen molar-refractivity contribution in [1.29, 1.82) is 0 Å². The Labute approximate surface area is 142 Å². The molecule has 0 saturated carbocycles. The van der Waals surface area contributed by atoms with Gasteiger partial charge in [-0.2, -0.15) is 0 Å². The lowest BCUT2D eigenvalue weighted by atomic mass is 10.1. The van der Waals surface area contributed by atoms with E-state index < -0.39 is 11.8 Å². The van der Waals surface area contributed by atoms with Crippen LogP contribution in [0.4, 0.5) is 0 Å². The van der Waals surface area contributed by atoms with E-state index in [1.165, 1.54) is 12.0 Å². The molecule has 3 amide bonds. The molecule has 23 heavy (non-hydrogen) atoms. The van der Waals surface area contributed by atoms with Crippen molar-refractivity contribution in [2.24, 2.45) is 5.73 Å². The van der Waals surface area contributed by atoms with Gasteiger partial charge in [-0.3, -0.25) is 14.4 Å². The largest absolute Gasteiger partial charge is 0.497 e. The number of amides is 3. The van der Waals surface area contributed by atoms with Crippen LogP contribution in [-0.2, 0) is 9.59 Å². The van der Waals surface area contributed by atoms with E-state index in [9.17, 15) is 14.4 Å². The number of rotatable bonds is 2. The molecule has 1 unspecified atom stereocenters. The Balaban J connectivity index is 2.16. The fraction of sp³-hybridized carbons (Fsp3) is 0.400. The number of nitrogens with zero attached hydrogens (tertiary/aromatic N) is 2. The molecule has 8 heteroatoms. The molecule has 1 saturated heterocycles. The van der Waals surface area contributed by atoms with Gasteiger partial charge in [0.25, 0.3) is 5.91 Å². The number of carbonyl (C=O) groups is 3. The summed E-state index contributed by atoms with van der Waals surface area (Å²) in [5, 5.41) is 0. The van der Waals surface area contributed by atoms with Crippen LogP contribution in [0.15, 0.2) is 22.7 Å². The molecule has 1 atom stereocenters. The van der Waals surface area contributed by atoms with Gasteiger partial charge in [0.1, 0.15) is 5.75 Å². The summed E-state index contributed by atoms with van der Waals surface area (Å²) in [7, 11) is 1.54. The summed E-state index contributed by atoms with van der Waals surface area (Å²) in [6, 6.07) is 4.95.